The first-order valence-electron chi connectivity index (χ1n) is 10.3. The quantitative estimate of drug-likeness (QED) is 0.614. The number of para-hydroxylation sites is 1. The summed E-state index contributed by atoms with van der Waals surface area (Å²) in [5.74, 6) is -0.359. The predicted octanol–water partition coefficient (Wildman–Crippen LogP) is 4.89. The van der Waals surface area contributed by atoms with Crippen molar-refractivity contribution in [3.63, 3.8) is 0 Å². The molecule has 1 aliphatic rings. The van der Waals surface area contributed by atoms with Crippen LogP contribution < -0.4 is 9.80 Å². The third-order valence-electron chi connectivity index (χ3n) is 5.86. The maximum atomic E-state index is 13.6. The zero-order chi connectivity index (χ0) is 21.1. The number of benzene rings is 3. The monoisotopic (exact) mass is 398 g/mol. The molecule has 0 aromatic heterocycles. The standard InChI is InChI=1S/C26H26N2O2/c1-19-10-9-15-24(20(19)2)28-18-22(16-25(28)29)26(30)27(23-13-7-4-8-14-23)17-21-11-5-3-6-12-21/h3-15,22H,16-18H2,1-2H3. The number of carbonyl (C=O) groups excluding carboxylic acids is 2. The van der Waals surface area contributed by atoms with Gasteiger partial charge in [-0.15, -0.1) is 0 Å². The van der Waals surface area contributed by atoms with Crippen LogP contribution in [0.5, 0.6) is 0 Å². The zero-order valence-corrected chi connectivity index (χ0v) is 17.4. The van der Waals surface area contributed by atoms with Gasteiger partial charge in [0.25, 0.3) is 0 Å². The molecular formula is C26H26N2O2. The molecule has 0 saturated carbocycles. The summed E-state index contributed by atoms with van der Waals surface area (Å²) in [4.78, 5) is 30.0. The topological polar surface area (TPSA) is 40.6 Å². The van der Waals surface area contributed by atoms with Gasteiger partial charge < -0.3 is 9.80 Å². The molecule has 0 bridgehead atoms. The van der Waals surface area contributed by atoms with Gasteiger partial charge in [-0.05, 0) is 48.7 Å². The predicted molar refractivity (Wildman–Crippen MR) is 120 cm³/mol. The average molecular weight is 399 g/mol. The maximum absolute atomic E-state index is 13.6. The average Bonchev–Trinajstić information content (AvgIpc) is 3.16. The van der Waals surface area contributed by atoms with Crippen molar-refractivity contribution in [2.45, 2.75) is 26.8 Å². The van der Waals surface area contributed by atoms with E-state index in [0.717, 1.165) is 28.1 Å². The van der Waals surface area contributed by atoms with Crippen molar-refractivity contribution in [1.82, 2.24) is 0 Å². The summed E-state index contributed by atoms with van der Waals surface area (Å²) >= 11 is 0. The third kappa shape index (κ3) is 3.99. The molecule has 3 aromatic rings. The summed E-state index contributed by atoms with van der Waals surface area (Å²) in [5.41, 5.74) is 5.05. The fourth-order valence-electron chi connectivity index (χ4n) is 4.02. The van der Waals surface area contributed by atoms with E-state index in [-0.39, 0.29) is 24.2 Å². The number of amides is 2. The van der Waals surface area contributed by atoms with Crippen LogP contribution in [0.4, 0.5) is 11.4 Å². The Balaban J connectivity index is 1.60. The first kappa shape index (κ1) is 19.9. The molecule has 4 nitrogen and oxygen atoms in total. The van der Waals surface area contributed by atoms with E-state index >= 15 is 0 Å². The summed E-state index contributed by atoms with van der Waals surface area (Å²) < 4.78 is 0. The van der Waals surface area contributed by atoms with Crippen molar-refractivity contribution in [3.8, 4) is 0 Å². The van der Waals surface area contributed by atoms with E-state index in [1.54, 1.807) is 9.80 Å². The van der Waals surface area contributed by atoms with E-state index < -0.39 is 0 Å². The van der Waals surface area contributed by atoms with Gasteiger partial charge in [-0.1, -0.05) is 60.7 Å². The molecule has 1 fully saturated rings. The summed E-state index contributed by atoms with van der Waals surface area (Å²) in [6.07, 6.45) is 0.240. The van der Waals surface area contributed by atoms with Gasteiger partial charge in [-0.3, -0.25) is 9.59 Å². The van der Waals surface area contributed by atoms with Crippen LogP contribution in [0.2, 0.25) is 0 Å². The molecule has 1 saturated heterocycles. The molecular weight excluding hydrogens is 372 g/mol. The minimum absolute atomic E-state index is 0.00814. The van der Waals surface area contributed by atoms with Gasteiger partial charge in [0.05, 0.1) is 12.5 Å². The molecule has 1 aliphatic heterocycles. The van der Waals surface area contributed by atoms with Crippen LogP contribution in [0, 0.1) is 19.8 Å². The van der Waals surface area contributed by atoms with Crippen LogP contribution in [0.3, 0.4) is 0 Å². The molecule has 0 radical (unpaired) electrons. The lowest BCUT2D eigenvalue weighted by molar-refractivity contribution is -0.124. The second-order valence-electron chi connectivity index (χ2n) is 7.87. The first-order chi connectivity index (χ1) is 14.5. The van der Waals surface area contributed by atoms with Gasteiger partial charge in [0, 0.05) is 24.3 Å². The second-order valence-corrected chi connectivity index (χ2v) is 7.87. The Morgan fingerprint density at radius 3 is 2.30 bits per heavy atom. The Bertz CT molecular complexity index is 1050. The first-order valence-corrected chi connectivity index (χ1v) is 10.3. The van der Waals surface area contributed by atoms with E-state index in [1.807, 2.05) is 92.7 Å². The number of hydrogen-bond acceptors (Lipinski definition) is 2. The van der Waals surface area contributed by atoms with Gasteiger partial charge in [-0.2, -0.15) is 0 Å². The van der Waals surface area contributed by atoms with Crippen LogP contribution in [0.1, 0.15) is 23.1 Å². The van der Waals surface area contributed by atoms with Crippen molar-refractivity contribution in [1.29, 1.82) is 0 Å². The molecule has 1 unspecified atom stereocenters. The van der Waals surface area contributed by atoms with Crippen molar-refractivity contribution in [2.75, 3.05) is 16.3 Å². The van der Waals surface area contributed by atoms with E-state index in [9.17, 15) is 9.59 Å². The lowest BCUT2D eigenvalue weighted by atomic mass is 10.1. The molecule has 152 valence electrons. The minimum Gasteiger partial charge on any atom is -0.311 e. The van der Waals surface area contributed by atoms with Crippen LogP contribution in [0.25, 0.3) is 0 Å². The number of hydrogen-bond donors (Lipinski definition) is 0. The van der Waals surface area contributed by atoms with Gasteiger partial charge in [-0.25, -0.2) is 0 Å². The van der Waals surface area contributed by atoms with Crippen molar-refractivity contribution in [3.05, 3.63) is 95.6 Å². The number of anilines is 2. The molecule has 0 aliphatic carbocycles. The Morgan fingerprint density at radius 1 is 0.933 bits per heavy atom. The Morgan fingerprint density at radius 2 is 1.60 bits per heavy atom. The molecule has 30 heavy (non-hydrogen) atoms. The minimum atomic E-state index is -0.360. The smallest absolute Gasteiger partial charge is 0.232 e. The summed E-state index contributed by atoms with van der Waals surface area (Å²) in [6.45, 7) is 4.97. The summed E-state index contributed by atoms with van der Waals surface area (Å²) in [7, 11) is 0. The summed E-state index contributed by atoms with van der Waals surface area (Å²) in [6, 6.07) is 25.6. The van der Waals surface area contributed by atoms with Crippen LogP contribution >= 0.6 is 0 Å². The maximum Gasteiger partial charge on any atom is 0.232 e. The second kappa shape index (κ2) is 8.54. The van der Waals surface area contributed by atoms with Gasteiger partial charge in [0.1, 0.15) is 0 Å². The number of rotatable bonds is 5. The Hall–Kier alpha value is -3.40. The van der Waals surface area contributed by atoms with E-state index in [4.69, 9.17) is 0 Å². The van der Waals surface area contributed by atoms with Crippen molar-refractivity contribution < 1.29 is 9.59 Å². The highest BCUT2D eigenvalue weighted by atomic mass is 16.2. The molecule has 0 N–H and O–H groups in total. The van der Waals surface area contributed by atoms with Crippen LogP contribution in [0.15, 0.2) is 78.9 Å². The van der Waals surface area contributed by atoms with Crippen LogP contribution in [-0.4, -0.2) is 18.4 Å². The lowest BCUT2D eigenvalue weighted by Gasteiger charge is -2.26. The molecule has 0 spiro atoms. The zero-order valence-electron chi connectivity index (χ0n) is 17.4. The van der Waals surface area contributed by atoms with Gasteiger partial charge >= 0.3 is 0 Å². The van der Waals surface area contributed by atoms with Crippen LogP contribution in [-0.2, 0) is 16.1 Å². The highest BCUT2D eigenvalue weighted by molar-refractivity contribution is 6.04. The van der Waals surface area contributed by atoms with Crippen molar-refractivity contribution in [2.24, 2.45) is 5.92 Å². The molecule has 1 heterocycles. The van der Waals surface area contributed by atoms with Gasteiger partial charge in [0.2, 0.25) is 11.8 Å². The van der Waals surface area contributed by atoms with Gasteiger partial charge in [0.15, 0.2) is 0 Å². The Kier molecular flexibility index (Phi) is 5.66. The van der Waals surface area contributed by atoms with Crippen molar-refractivity contribution >= 4 is 23.2 Å². The normalized spacial score (nSPS) is 16.0. The fraction of sp³-hybridized carbons (Fsp3) is 0.231. The molecule has 4 rings (SSSR count). The number of aryl methyl sites for hydroxylation is 1. The largest absolute Gasteiger partial charge is 0.311 e. The molecule has 3 aromatic carbocycles. The SMILES string of the molecule is Cc1cccc(N2CC(C(=O)N(Cc3ccccc3)c3ccccc3)CC2=O)c1C. The third-order valence-corrected chi connectivity index (χ3v) is 5.86. The Labute approximate surface area is 177 Å². The van der Waals surface area contributed by atoms with E-state index in [1.165, 1.54) is 0 Å². The molecule has 1 atom stereocenters. The summed E-state index contributed by atoms with van der Waals surface area (Å²) in [5, 5.41) is 0. The number of nitrogens with zero attached hydrogens (tertiary/aromatic N) is 2. The highest BCUT2D eigenvalue weighted by Gasteiger charge is 2.38. The molecule has 2 amide bonds. The fourth-order valence-corrected chi connectivity index (χ4v) is 4.02. The lowest BCUT2D eigenvalue weighted by Crippen LogP contribution is -2.37. The highest BCUT2D eigenvalue weighted by Crippen LogP contribution is 2.31. The van der Waals surface area contributed by atoms with E-state index in [0.29, 0.717) is 13.1 Å². The number of carbonyl (C=O) groups is 2. The van der Waals surface area contributed by atoms with E-state index in [2.05, 4.69) is 0 Å². The molecule has 4 heteroatoms.